The molecule has 10 heteroatoms. The molecule has 0 saturated carbocycles. The van der Waals surface area contributed by atoms with Crippen LogP contribution in [0.2, 0.25) is 0 Å². The number of carbonyl (C=O) groups is 1. The van der Waals surface area contributed by atoms with Crippen molar-refractivity contribution in [2.24, 2.45) is 0 Å². The number of carbonyl (C=O) groups excluding carboxylic acids is 1. The van der Waals surface area contributed by atoms with Crippen molar-refractivity contribution < 1.29 is 26.0 Å². The summed E-state index contributed by atoms with van der Waals surface area (Å²) in [7, 11) is -7.01. The molecule has 0 spiro atoms. The van der Waals surface area contributed by atoms with Crippen LogP contribution in [0.4, 0.5) is 5.69 Å². The minimum atomic E-state index is -3.83. The Hall–Kier alpha value is -2.17. The largest absolute Gasteiger partial charge is 0.459 e. The van der Waals surface area contributed by atoms with Crippen molar-refractivity contribution in [3.05, 3.63) is 47.9 Å². The van der Waals surface area contributed by atoms with E-state index in [0.717, 1.165) is 0 Å². The molecule has 1 fully saturated rings. The number of amides is 1. The van der Waals surface area contributed by atoms with Gasteiger partial charge in [-0.15, -0.1) is 0 Å². The monoisotopic (exact) mass is 398 g/mol. The first-order chi connectivity index (χ1) is 12.2. The van der Waals surface area contributed by atoms with Gasteiger partial charge in [-0.1, -0.05) is 0 Å². The Labute approximate surface area is 151 Å². The van der Waals surface area contributed by atoms with E-state index >= 15 is 0 Å². The maximum atomic E-state index is 12.4. The van der Waals surface area contributed by atoms with Gasteiger partial charge < -0.3 is 9.73 Å². The van der Waals surface area contributed by atoms with Crippen molar-refractivity contribution in [2.45, 2.75) is 24.3 Å². The summed E-state index contributed by atoms with van der Waals surface area (Å²) in [5.74, 6) is -0.455. The van der Waals surface area contributed by atoms with Crippen molar-refractivity contribution in [3.8, 4) is 0 Å². The van der Waals surface area contributed by atoms with Crippen LogP contribution in [0.15, 0.2) is 45.9 Å². The average Bonchev–Trinajstić information content (AvgIpc) is 3.12. The molecule has 1 atom stereocenters. The molecule has 3 rings (SSSR count). The van der Waals surface area contributed by atoms with Gasteiger partial charge in [-0.3, -0.25) is 4.79 Å². The molecule has 26 heavy (non-hydrogen) atoms. The summed E-state index contributed by atoms with van der Waals surface area (Å²) in [4.78, 5) is 12.1. The molecule has 1 saturated heterocycles. The number of hydrogen-bond acceptors (Lipinski definition) is 6. The number of aryl methyl sites for hydroxylation is 1. The van der Waals surface area contributed by atoms with Gasteiger partial charge in [0.2, 0.25) is 10.0 Å². The molecule has 1 aromatic heterocycles. The molecule has 0 bridgehead atoms. The zero-order valence-corrected chi connectivity index (χ0v) is 15.6. The third-order valence-electron chi connectivity index (χ3n) is 4.05. The van der Waals surface area contributed by atoms with Gasteiger partial charge in [-0.25, -0.2) is 21.6 Å². The molecule has 8 nitrogen and oxygen atoms in total. The number of anilines is 1. The molecule has 2 aromatic rings. The van der Waals surface area contributed by atoms with Crippen LogP contribution in [0.3, 0.4) is 0 Å². The average molecular weight is 398 g/mol. The summed E-state index contributed by atoms with van der Waals surface area (Å²) in [5, 5.41) is 2.62. The predicted octanol–water partition coefficient (Wildman–Crippen LogP) is 1.31. The first-order valence-electron chi connectivity index (χ1n) is 7.84. The van der Waals surface area contributed by atoms with Gasteiger partial charge in [0.15, 0.2) is 15.6 Å². The highest BCUT2D eigenvalue weighted by Crippen LogP contribution is 2.19. The molecular formula is C16H18N2O6S2. The van der Waals surface area contributed by atoms with Crippen molar-refractivity contribution in [2.75, 3.05) is 16.8 Å². The highest BCUT2D eigenvalue weighted by Gasteiger charge is 2.31. The van der Waals surface area contributed by atoms with Crippen molar-refractivity contribution in [1.82, 2.24) is 4.72 Å². The summed E-state index contributed by atoms with van der Waals surface area (Å²) >= 11 is 0. The van der Waals surface area contributed by atoms with E-state index in [-0.39, 0.29) is 28.6 Å². The number of rotatable bonds is 5. The van der Waals surface area contributed by atoms with E-state index in [9.17, 15) is 21.6 Å². The number of nitrogens with one attached hydrogen (secondary N) is 2. The Bertz CT molecular complexity index is 1020. The van der Waals surface area contributed by atoms with Crippen molar-refractivity contribution >= 4 is 31.5 Å². The number of benzene rings is 1. The van der Waals surface area contributed by atoms with E-state index in [1.807, 2.05) is 0 Å². The Morgan fingerprint density at radius 3 is 2.42 bits per heavy atom. The molecule has 0 radical (unpaired) electrons. The van der Waals surface area contributed by atoms with Gasteiger partial charge in [0.05, 0.1) is 22.7 Å². The highest BCUT2D eigenvalue weighted by atomic mass is 32.2. The second kappa shape index (κ2) is 6.86. The van der Waals surface area contributed by atoms with Crippen LogP contribution in [0.1, 0.15) is 22.5 Å². The number of sulfonamides is 1. The van der Waals surface area contributed by atoms with Gasteiger partial charge in [0.25, 0.3) is 5.91 Å². The SMILES string of the molecule is Cc1ccoc1C(=O)Nc1ccc(S(=O)(=O)N[C@@H]2CCS(=O)(=O)C2)cc1. The first-order valence-corrected chi connectivity index (χ1v) is 11.1. The summed E-state index contributed by atoms with van der Waals surface area (Å²) in [6.45, 7) is 1.74. The lowest BCUT2D eigenvalue weighted by Crippen LogP contribution is -2.35. The summed E-state index contributed by atoms with van der Waals surface area (Å²) in [5.41, 5.74) is 1.10. The maximum Gasteiger partial charge on any atom is 0.291 e. The zero-order chi connectivity index (χ0) is 18.9. The number of sulfone groups is 1. The van der Waals surface area contributed by atoms with Gasteiger partial charge in [-0.2, -0.15) is 0 Å². The molecule has 140 valence electrons. The van der Waals surface area contributed by atoms with E-state index in [2.05, 4.69) is 10.0 Å². The third-order valence-corrected chi connectivity index (χ3v) is 7.35. The van der Waals surface area contributed by atoms with Gasteiger partial charge in [0, 0.05) is 17.3 Å². The van der Waals surface area contributed by atoms with Crippen molar-refractivity contribution in [1.29, 1.82) is 0 Å². The molecule has 1 aromatic carbocycles. The van der Waals surface area contributed by atoms with Crippen LogP contribution in [0.5, 0.6) is 0 Å². The lowest BCUT2D eigenvalue weighted by molar-refractivity contribution is 0.0996. The second-order valence-electron chi connectivity index (χ2n) is 6.13. The molecule has 0 unspecified atom stereocenters. The Morgan fingerprint density at radius 1 is 1.19 bits per heavy atom. The maximum absolute atomic E-state index is 12.4. The Balaban J connectivity index is 1.69. The van der Waals surface area contributed by atoms with Gasteiger partial charge >= 0.3 is 0 Å². The Kier molecular flexibility index (Phi) is 4.91. The fraction of sp³-hybridized carbons (Fsp3) is 0.312. The predicted molar refractivity (Wildman–Crippen MR) is 95.2 cm³/mol. The summed E-state index contributed by atoms with van der Waals surface area (Å²) in [6, 6.07) is 6.64. The fourth-order valence-electron chi connectivity index (χ4n) is 2.69. The number of hydrogen-bond donors (Lipinski definition) is 2. The van der Waals surface area contributed by atoms with Crippen LogP contribution in [0, 0.1) is 6.92 Å². The topological polar surface area (TPSA) is 123 Å². The molecular weight excluding hydrogens is 380 g/mol. The molecule has 1 aliphatic heterocycles. The standard InChI is InChI=1S/C16H18N2O6S2/c1-11-6-8-24-15(11)16(19)17-12-2-4-14(5-3-12)26(22,23)18-13-7-9-25(20,21)10-13/h2-6,8,13,18H,7,9-10H2,1H3,(H,17,19)/t13-/m1/s1. The van der Waals surface area contributed by atoms with Crippen LogP contribution in [-0.4, -0.2) is 40.3 Å². The second-order valence-corrected chi connectivity index (χ2v) is 10.1. The van der Waals surface area contributed by atoms with Crippen LogP contribution in [-0.2, 0) is 19.9 Å². The van der Waals surface area contributed by atoms with Gasteiger partial charge in [-0.05, 0) is 43.7 Å². The zero-order valence-electron chi connectivity index (χ0n) is 13.9. The van der Waals surface area contributed by atoms with E-state index in [4.69, 9.17) is 4.42 Å². The smallest absolute Gasteiger partial charge is 0.291 e. The van der Waals surface area contributed by atoms with Crippen LogP contribution >= 0.6 is 0 Å². The molecule has 1 amide bonds. The highest BCUT2D eigenvalue weighted by molar-refractivity contribution is 7.92. The minimum Gasteiger partial charge on any atom is -0.459 e. The summed E-state index contributed by atoms with van der Waals surface area (Å²) in [6.07, 6.45) is 1.67. The molecule has 2 N–H and O–H groups in total. The summed E-state index contributed by atoms with van der Waals surface area (Å²) < 4.78 is 55.1. The van der Waals surface area contributed by atoms with Crippen LogP contribution < -0.4 is 10.0 Å². The van der Waals surface area contributed by atoms with E-state index in [0.29, 0.717) is 11.3 Å². The lowest BCUT2D eigenvalue weighted by atomic mass is 10.2. The van der Waals surface area contributed by atoms with Crippen molar-refractivity contribution in [3.63, 3.8) is 0 Å². The molecule has 0 aliphatic carbocycles. The molecule has 2 heterocycles. The lowest BCUT2D eigenvalue weighted by Gasteiger charge is -2.12. The molecule has 1 aliphatic rings. The first kappa shape index (κ1) is 18.6. The quantitative estimate of drug-likeness (QED) is 0.783. The normalized spacial score (nSPS) is 19.3. The van der Waals surface area contributed by atoms with Crippen LogP contribution in [0.25, 0.3) is 0 Å². The number of furan rings is 1. The fourth-order valence-corrected chi connectivity index (χ4v) is 5.74. The van der Waals surface area contributed by atoms with E-state index in [1.54, 1.807) is 13.0 Å². The Morgan fingerprint density at radius 2 is 1.88 bits per heavy atom. The van der Waals surface area contributed by atoms with E-state index in [1.165, 1.54) is 30.5 Å². The van der Waals surface area contributed by atoms with E-state index < -0.39 is 31.8 Å². The third kappa shape index (κ3) is 4.14. The van der Waals surface area contributed by atoms with Gasteiger partial charge in [0.1, 0.15) is 0 Å². The minimum absolute atomic E-state index is 0.00558.